The summed E-state index contributed by atoms with van der Waals surface area (Å²) in [5, 5.41) is 3.66. The summed E-state index contributed by atoms with van der Waals surface area (Å²) >= 11 is 3.62. The van der Waals surface area contributed by atoms with E-state index in [-0.39, 0.29) is 0 Å². The van der Waals surface area contributed by atoms with Gasteiger partial charge in [-0.2, -0.15) is 0 Å². The smallest absolute Gasteiger partial charge is 0.0412 e. The zero-order chi connectivity index (χ0) is 13.9. The molecule has 0 aromatic heterocycles. The van der Waals surface area contributed by atoms with Gasteiger partial charge in [0.25, 0.3) is 0 Å². The fraction of sp³-hybridized carbons (Fsp3) is 0.647. The second kappa shape index (κ2) is 6.48. The lowest BCUT2D eigenvalue weighted by atomic mass is 10.0. The van der Waals surface area contributed by atoms with E-state index in [1.54, 1.807) is 0 Å². The second-order valence-corrected chi connectivity index (χ2v) is 7.37. The minimum atomic E-state index is 0.769. The number of rotatable bonds is 4. The van der Waals surface area contributed by atoms with Crippen LogP contribution >= 0.6 is 15.9 Å². The molecule has 1 atom stereocenters. The van der Waals surface area contributed by atoms with Gasteiger partial charge in [0.2, 0.25) is 0 Å². The number of anilines is 1. The molecule has 1 aliphatic heterocycles. The number of nitrogens with one attached hydrogen (secondary N) is 1. The molecule has 1 aliphatic carbocycles. The first-order valence-corrected chi connectivity index (χ1v) is 8.78. The van der Waals surface area contributed by atoms with Gasteiger partial charge >= 0.3 is 0 Å². The highest BCUT2D eigenvalue weighted by atomic mass is 79.9. The fourth-order valence-electron chi connectivity index (χ4n) is 3.05. The largest absolute Gasteiger partial charge is 0.371 e. The quantitative estimate of drug-likeness (QED) is 0.880. The SMILES string of the molecule is CC1CCCN(c2ccc(Br)cc2CNC2CC2)CC1. The summed E-state index contributed by atoms with van der Waals surface area (Å²) in [4.78, 5) is 2.60. The van der Waals surface area contributed by atoms with Crippen molar-refractivity contribution in [2.45, 2.75) is 51.6 Å². The van der Waals surface area contributed by atoms with Crippen LogP contribution < -0.4 is 10.2 Å². The Bertz CT molecular complexity index is 456. The molecule has 1 aromatic rings. The van der Waals surface area contributed by atoms with E-state index in [0.717, 1.165) is 18.5 Å². The standard InChI is InChI=1S/C17H25BrN2/c1-13-3-2-9-20(10-8-13)17-7-4-15(18)11-14(17)12-19-16-5-6-16/h4,7,11,13,16,19H,2-3,5-6,8-10,12H2,1H3. The highest BCUT2D eigenvalue weighted by Gasteiger charge is 2.22. The first-order chi connectivity index (χ1) is 9.72. The fourth-order valence-corrected chi connectivity index (χ4v) is 3.46. The van der Waals surface area contributed by atoms with Crippen molar-refractivity contribution < 1.29 is 0 Å². The third-order valence-corrected chi connectivity index (χ3v) is 5.05. The van der Waals surface area contributed by atoms with E-state index in [1.165, 1.54) is 60.9 Å². The van der Waals surface area contributed by atoms with E-state index in [2.05, 4.69) is 51.3 Å². The minimum Gasteiger partial charge on any atom is -0.371 e. The predicted molar refractivity (Wildman–Crippen MR) is 89.2 cm³/mol. The van der Waals surface area contributed by atoms with E-state index >= 15 is 0 Å². The average Bonchev–Trinajstić information content (AvgIpc) is 3.25. The Morgan fingerprint density at radius 3 is 2.85 bits per heavy atom. The normalized spacial score (nSPS) is 23.7. The van der Waals surface area contributed by atoms with Crippen LogP contribution in [0, 0.1) is 5.92 Å². The zero-order valence-corrected chi connectivity index (χ0v) is 14.0. The number of nitrogens with zero attached hydrogens (tertiary/aromatic N) is 1. The molecule has 2 nitrogen and oxygen atoms in total. The Kier molecular flexibility index (Phi) is 4.67. The molecule has 1 saturated heterocycles. The van der Waals surface area contributed by atoms with Gasteiger partial charge in [0.1, 0.15) is 0 Å². The maximum Gasteiger partial charge on any atom is 0.0412 e. The molecule has 110 valence electrons. The number of halogens is 1. The maximum atomic E-state index is 3.66. The van der Waals surface area contributed by atoms with Gasteiger partial charge in [0.15, 0.2) is 0 Å². The topological polar surface area (TPSA) is 15.3 Å². The van der Waals surface area contributed by atoms with Crippen LogP contribution in [0.3, 0.4) is 0 Å². The van der Waals surface area contributed by atoms with Crippen LogP contribution in [0.4, 0.5) is 5.69 Å². The molecular weight excluding hydrogens is 312 g/mol. The molecule has 1 unspecified atom stereocenters. The second-order valence-electron chi connectivity index (χ2n) is 6.45. The van der Waals surface area contributed by atoms with Crippen molar-refractivity contribution >= 4 is 21.6 Å². The molecule has 3 heteroatoms. The summed E-state index contributed by atoms with van der Waals surface area (Å²) < 4.78 is 1.19. The van der Waals surface area contributed by atoms with E-state index in [4.69, 9.17) is 0 Å². The van der Waals surface area contributed by atoms with E-state index in [9.17, 15) is 0 Å². The van der Waals surface area contributed by atoms with Gasteiger partial charge in [0.05, 0.1) is 0 Å². The summed E-state index contributed by atoms with van der Waals surface area (Å²) in [5.74, 6) is 0.878. The third-order valence-electron chi connectivity index (χ3n) is 4.56. The Morgan fingerprint density at radius 1 is 1.20 bits per heavy atom. The highest BCUT2D eigenvalue weighted by molar-refractivity contribution is 9.10. The van der Waals surface area contributed by atoms with Crippen molar-refractivity contribution in [3.8, 4) is 0 Å². The summed E-state index contributed by atoms with van der Waals surface area (Å²) in [6.07, 6.45) is 6.73. The Labute approximate surface area is 131 Å². The van der Waals surface area contributed by atoms with Crippen LogP contribution in [-0.2, 0) is 6.54 Å². The van der Waals surface area contributed by atoms with Gasteiger partial charge in [-0.15, -0.1) is 0 Å². The molecule has 0 spiro atoms. The first kappa shape index (κ1) is 14.4. The predicted octanol–water partition coefficient (Wildman–Crippen LogP) is 4.33. The van der Waals surface area contributed by atoms with E-state index in [1.807, 2.05) is 0 Å². The molecule has 1 saturated carbocycles. The van der Waals surface area contributed by atoms with Crippen LogP contribution in [0.5, 0.6) is 0 Å². The van der Waals surface area contributed by atoms with Gasteiger partial charge in [-0.05, 0) is 61.8 Å². The third kappa shape index (κ3) is 3.76. The van der Waals surface area contributed by atoms with Gasteiger partial charge < -0.3 is 10.2 Å². The summed E-state index contributed by atoms with van der Waals surface area (Å²) in [5.41, 5.74) is 2.89. The monoisotopic (exact) mass is 336 g/mol. The molecule has 1 N–H and O–H groups in total. The zero-order valence-electron chi connectivity index (χ0n) is 12.4. The first-order valence-electron chi connectivity index (χ1n) is 7.99. The van der Waals surface area contributed by atoms with Crippen molar-refractivity contribution in [2.24, 2.45) is 5.92 Å². The van der Waals surface area contributed by atoms with Crippen LogP contribution in [0.1, 0.15) is 44.6 Å². The minimum absolute atomic E-state index is 0.769. The van der Waals surface area contributed by atoms with E-state index in [0.29, 0.717) is 0 Å². The Hall–Kier alpha value is -0.540. The Morgan fingerprint density at radius 2 is 2.05 bits per heavy atom. The molecule has 0 amide bonds. The van der Waals surface area contributed by atoms with Gasteiger partial charge in [-0.3, -0.25) is 0 Å². The van der Waals surface area contributed by atoms with Gasteiger partial charge in [0, 0.05) is 35.8 Å². The summed E-state index contributed by atoms with van der Waals surface area (Å²) in [6.45, 7) is 5.81. The number of hydrogen-bond acceptors (Lipinski definition) is 2. The average molecular weight is 337 g/mol. The maximum absolute atomic E-state index is 3.66. The van der Waals surface area contributed by atoms with Gasteiger partial charge in [-0.25, -0.2) is 0 Å². The van der Waals surface area contributed by atoms with Crippen molar-refractivity contribution in [3.63, 3.8) is 0 Å². The van der Waals surface area contributed by atoms with Crippen molar-refractivity contribution in [3.05, 3.63) is 28.2 Å². The molecule has 1 heterocycles. The molecule has 2 aliphatic rings. The van der Waals surface area contributed by atoms with Gasteiger partial charge in [-0.1, -0.05) is 22.9 Å². The van der Waals surface area contributed by atoms with Crippen LogP contribution in [0.15, 0.2) is 22.7 Å². The molecule has 20 heavy (non-hydrogen) atoms. The Balaban J connectivity index is 1.75. The summed E-state index contributed by atoms with van der Waals surface area (Å²) in [6, 6.07) is 7.54. The van der Waals surface area contributed by atoms with Crippen molar-refractivity contribution in [1.82, 2.24) is 5.32 Å². The lowest BCUT2D eigenvalue weighted by Crippen LogP contribution is -2.26. The van der Waals surface area contributed by atoms with E-state index < -0.39 is 0 Å². The summed E-state index contributed by atoms with van der Waals surface area (Å²) in [7, 11) is 0. The van der Waals surface area contributed by atoms with Crippen LogP contribution in [0.25, 0.3) is 0 Å². The van der Waals surface area contributed by atoms with Crippen LogP contribution in [0.2, 0.25) is 0 Å². The van der Waals surface area contributed by atoms with Crippen molar-refractivity contribution in [1.29, 1.82) is 0 Å². The number of benzene rings is 1. The molecule has 0 bridgehead atoms. The number of hydrogen-bond donors (Lipinski definition) is 1. The molecule has 1 aromatic carbocycles. The lowest BCUT2D eigenvalue weighted by Gasteiger charge is -2.26. The molecule has 0 radical (unpaired) electrons. The molecule has 3 rings (SSSR count). The van der Waals surface area contributed by atoms with Crippen molar-refractivity contribution in [2.75, 3.05) is 18.0 Å². The molecule has 2 fully saturated rings. The highest BCUT2D eigenvalue weighted by Crippen LogP contribution is 2.29. The molecular formula is C17H25BrN2. The van der Waals surface area contributed by atoms with Crippen LogP contribution in [-0.4, -0.2) is 19.1 Å². The lowest BCUT2D eigenvalue weighted by molar-refractivity contribution is 0.521.